The molecule has 3 aromatic heterocycles. The fraction of sp³-hybridized carbons (Fsp3) is 0.241. The number of hydrogen-bond acceptors (Lipinski definition) is 7. The molecule has 0 fully saturated rings. The number of anilines is 2. The number of fused-ring (bicyclic) bond motifs is 1. The van der Waals surface area contributed by atoms with Crippen LogP contribution in [0.4, 0.5) is 15.9 Å². The predicted octanol–water partition coefficient (Wildman–Crippen LogP) is 3.57. The molecular weight excluding hydrogens is 515 g/mol. The second kappa shape index (κ2) is 10.2. The molecule has 40 heavy (non-hydrogen) atoms. The lowest BCUT2D eigenvalue weighted by atomic mass is 9.95. The largest absolute Gasteiger partial charge is 0.392 e. The highest BCUT2D eigenvalue weighted by Gasteiger charge is 2.21. The van der Waals surface area contributed by atoms with Gasteiger partial charge >= 0.3 is 0 Å². The van der Waals surface area contributed by atoms with E-state index in [1.54, 1.807) is 74.5 Å². The summed E-state index contributed by atoms with van der Waals surface area (Å²) < 4.78 is 19.5. The predicted molar refractivity (Wildman–Crippen MR) is 150 cm³/mol. The summed E-state index contributed by atoms with van der Waals surface area (Å²) in [5.41, 5.74) is 0.267. The third-order valence-electron chi connectivity index (χ3n) is 6.80. The molecule has 0 spiro atoms. The van der Waals surface area contributed by atoms with E-state index in [0.717, 1.165) is 6.07 Å². The van der Waals surface area contributed by atoms with Gasteiger partial charge in [0.05, 0.1) is 40.9 Å². The Morgan fingerprint density at radius 3 is 2.55 bits per heavy atom. The fourth-order valence-electron chi connectivity index (χ4n) is 4.63. The highest BCUT2D eigenvalue weighted by atomic mass is 19.1. The van der Waals surface area contributed by atoms with Crippen molar-refractivity contribution in [2.24, 2.45) is 7.05 Å². The summed E-state index contributed by atoms with van der Waals surface area (Å²) in [4.78, 5) is 30.9. The van der Waals surface area contributed by atoms with Crippen LogP contribution in [0.5, 0.6) is 0 Å². The molecule has 0 unspecified atom stereocenters. The normalized spacial score (nSPS) is 11.8. The summed E-state index contributed by atoms with van der Waals surface area (Å²) in [5.74, 6) is -0.685. The van der Waals surface area contributed by atoms with E-state index < -0.39 is 23.6 Å². The van der Waals surface area contributed by atoms with Crippen molar-refractivity contribution in [3.63, 3.8) is 0 Å². The van der Waals surface area contributed by atoms with Crippen molar-refractivity contribution in [1.82, 2.24) is 23.9 Å². The van der Waals surface area contributed by atoms with Crippen molar-refractivity contribution in [3.05, 3.63) is 98.8 Å². The van der Waals surface area contributed by atoms with Gasteiger partial charge in [0.1, 0.15) is 5.82 Å². The van der Waals surface area contributed by atoms with Crippen LogP contribution in [0.2, 0.25) is 0 Å². The molecule has 0 bridgehead atoms. The molecule has 0 aliphatic carbocycles. The van der Waals surface area contributed by atoms with Crippen LogP contribution in [-0.4, -0.2) is 34.1 Å². The maximum atomic E-state index is 15.2. The number of aryl methyl sites for hydroxylation is 2. The van der Waals surface area contributed by atoms with Crippen molar-refractivity contribution in [2.75, 3.05) is 5.32 Å². The van der Waals surface area contributed by atoms with Gasteiger partial charge in [-0.05, 0) is 56.0 Å². The van der Waals surface area contributed by atoms with Crippen LogP contribution in [0.25, 0.3) is 27.7 Å². The highest BCUT2D eigenvalue weighted by Crippen LogP contribution is 2.29. The van der Waals surface area contributed by atoms with Gasteiger partial charge in [-0.15, -0.1) is 0 Å². The van der Waals surface area contributed by atoms with Crippen molar-refractivity contribution < 1.29 is 14.6 Å². The Bertz CT molecular complexity index is 1870. The molecule has 5 aromatic rings. The van der Waals surface area contributed by atoms with Gasteiger partial charge in [0.15, 0.2) is 5.82 Å². The second-order valence-corrected chi connectivity index (χ2v) is 10.0. The molecule has 206 valence electrons. The molecule has 0 atom stereocenters. The molecule has 2 aromatic carbocycles. The van der Waals surface area contributed by atoms with Crippen LogP contribution < -0.4 is 16.4 Å². The van der Waals surface area contributed by atoms with E-state index in [4.69, 9.17) is 0 Å². The molecular formula is C29H29FN6O4. The maximum absolute atomic E-state index is 15.2. The Kier molecular flexibility index (Phi) is 6.86. The van der Waals surface area contributed by atoms with E-state index >= 15 is 4.39 Å². The molecule has 10 nitrogen and oxygen atoms in total. The minimum atomic E-state index is -1.28. The van der Waals surface area contributed by atoms with Crippen LogP contribution in [0, 0.1) is 5.82 Å². The topological polar surface area (TPSA) is 127 Å². The van der Waals surface area contributed by atoms with Gasteiger partial charge in [0, 0.05) is 43.3 Å². The fourth-order valence-corrected chi connectivity index (χ4v) is 4.63. The average Bonchev–Trinajstić information content (AvgIpc) is 3.37. The summed E-state index contributed by atoms with van der Waals surface area (Å²) >= 11 is 0. The zero-order chi connectivity index (χ0) is 28.8. The van der Waals surface area contributed by atoms with Gasteiger partial charge in [-0.2, -0.15) is 5.10 Å². The first-order chi connectivity index (χ1) is 19.0. The van der Waals surface area contributed by atoms with Gasteiger partial charge < -0.3 is 20.1 Å². The number of pyridine rings is 1. The van der Waals surface area contributed by atoms with Gasteiger partial charge in [-0.3, -0.25) is 18.8 Å². The second-order valence-electron chi connectivity index (χ2n) is 10.0. The lowest BCUT2D eigenvalue weighted by Gasteiger charge is -2.19. The number of aliphatic hydroxyl groups excluding tert-OH is 1. The van der Waals surface area contributed by atoms with Crippen molar-refractivity contribution >= 4 is 22.3 Å². The number of hydrogen-bond donors (Lipinski definition) is 3. The molecule has 0 aliphatic rings. The number of nitrogens with zero attached hydrogens (tertiary/aromatic N) is 5. The van der Waals surface area contributed by atoms with Crippen molar-refractivity contribution in [2.45, 2.75) is 39.5 Å². The quantitative estimate of drug-likeness (QED) is 0.286. The Morgan fingerprint density at radius 2 is 1.88 bits per heavy atom. The molecule has 3 N–H and O–H groups in total. The summed E-state index contributed by atoms with van der Waals surface area (Å²) in [6.45, 7) is 5.24. The lowest BCUT2D eigenvalue weighted by molar-refractivity contribution is 0.0784. The number of nitrogens with one attached hydrogen (secondary N) is 1. The van der Waals surface area contributed by atoms with E-state index in [0.29, 0.717) is 45.7 Å². The standard InChI is InChI=1S/C29H29FN6O4/c1-5-35-14-19(13-31-35)32-26-28(39)34(4)15-23(33-26)20-7-6-8-24(21(20)16-37)36-10-9-17-11-18(29(2,3)40)12-22(30)25(17)27(36)38/h6-15,37,40H,5,16H2,1-4H3,(H,32,33). The zero-order valence-electron chi connectivity index (χ0n) is 22.5. The molecule has 0 saturated heterocycles. The van der Waals surface area contributed by atoms with Gasteiger partial charge in [0.25, 0.3) is 11.1 Å². The highest BCUT2D eigenvalue weighted by molar-refractivity contribution is 5.83. The Balaban J connectivity index is 1.64. The first-order valence-corrected chi connectivity index (χ1v) is 12.7. The first-order valence-electron chi connectivity index (χ1n) is 12.7. The smallest absolute Gasteiger partial charge is 0.293 e. The molecule has 11 heteroatoms. The van der Waals surface area contributed by atoms with E-state index in [1.807, 2.05) is 6.92 Å². The van der Waals surface area contributed by atoms with Crippen LogP contribution in [0.1, 0.15) is 31.9 Å². The van der Waals surface area contributed by atoms with E-state index in [2.05, 4.69) is 15.4 Å². The van der Waals surface area contributed by atoms with Gasteiger partial charge in [-0.25, -0.2) is 9.37 Å². The van der Waals surface area contributed by atoms with Crippen molar-refractivity contribution in [3.8, 4) is 16.9 Å². The molecule has 5 rings (SSSR count). The maximum Gasteiger partial charge on any atom is 0.293 e. The minimum absolute atomic E-state index is 0.0671. The number of rotatable bonds is 7. The Labute approximate surface area is 228 Å². The van der Waals surface area contributed by atoms with Crippen molar-refractivity contribution in [1.29, 1.82) is 0 Å². The number of aromatic nitrogens is 5. The summed E-state index contributed by atoms with van der Waals surface area (Å²) in [6.07, 6.45) is 6.39. The van der Waals surface area contributed by atoms with Gasteiger partial charge in [-0.1, -0.05) is 12.1 Å². The SMILES string of the molecule is CCn1cc(Nc2nc(-c3cccc(-n4ccc5cc(C(C)(C)O)cc(F)c5c4=O)c3CO)cn(C)c2=O)cn1. The molecule has 0 aliphatic heterocycles. The van der Waals surface area contributed by atoms with E-state index in [9.17, 15) is 19.8 Å². The molecule has 3 heterocycles. The van der Waals surface area contributed by atoms with Crippen LogP contribution >= 0.6 is 0 Å². The van der Waals surface area contributed by atoms with Gasteiger partial charge in [0.2, 0.25) is 0 Å². The number of benzene rings is 2. The van der Waals surface area contributed by atoms with Crippen LogP contribution in [0.3, 0.4) is 0 Å². The Morgan fingerprint density at radius 1 is 1.10 bits per heavy atom. The number of halogens is 1. The van der Waals surface area contributed by atoms with Crippen LogP contribution in [-0.2, 0) is 25.8 Å². The first kappa shape index (κ1) is 27.0. The minimum Gasteiger partial charge on any atom is -0.392 e. The monoisotopic (exact) mass is 544 g/mol. The third kappa shape index (κ3) is 4.80. The third-order valence-corrected chi connectivity index (χ3v) is 6.80. The molecule has 0 radical (unpaired) electrons. The summed E-state index contributed by atoms with van der Waals surface area (Å²) in [5, 5.41) is 28.2. The average molecular weight is 545 g/mol. The Hall–Kier alpha value is -4.61. The van der Waals surface area contributed by atoms with E-state index in [1.165, 1.54) is 15.3 Å². The molecule has 0 amide bonds. The summed E-state index contributed by atoms with van der Waals surface area (Å²) in [6, 6.07) is 9.39. The van der Waals surface area contributed by atoms with Crippen LogP contribution in [0.15, 0.2) is 70.8 Å². The summed E-state index contributed by atoms with van der Waals surface area (Å²) in [7, 11) is 1.59. The molecule has 0 saturated carbocycles. The lowest BCUT2D eigenvalue weighted by Crippen LogP contribution is -2.22. The van der Waals surface area contributed by atoms with E-state index in [-0.39, 0.29) is 16.8 Å². The zero-order valence-corrected chi connectivity index (χ0v) is 22.5. The number of aliphatic hydroxyl groups is 2.